The third-order valence-electron chi connectivity index (χ3n) is 3.89. The Morgan fingerprint density at radius 2 is 2.00 bits per heavy atom. The number of nitro groups is 1. The van der Waals surface area contributed by atoms with Crippen LogP contribution in [0.15, 0.2) is 12.1 Å². The van der Waals surface area contributed by atoms with E-state index in [1.165, 1.54) is 6.07 Å². The van der Waals surface area contributed by atoms with Gasteiger partial charge in [0.25, 0.3) is 5.91 Å². The van der Waals surface area contributed by atoms with Gasteiger partial charge in [0.15, 0.2) is 0 Å². The van der Waals surface area contributed by atoms with Crippen LogP contribution in [0.4, 0.5) is 5.00 Å². The summed E-state index contributed by atoms with van der Waals surface area (Å²) in [6, 6.07) is 3.36. The first-order chi connectivity index (χ1) is 9.06. The lowest BCUT2D eigenvalue weighted by Gasteiger charge is -2.36. The molecule has 0 N–H and O–H groups in total. The molecule has 19 heavy (non-hydrogen) atoms. The normalized spacial score (nSPS) is 29.5. The molecule has 2 bridgehead atoms. The Labute approximate surface area is 119 Å². The maximum atomic E-state index is 12.5. The fourth-order valence-corrected chi connectivity index (χ4v) is 4.29. The first-order valence-electron chi connectivity index (χ1n) is 6.27. The lowest BCUT2D eigenvalue weighted by atomic mass is 10.0. The number of carbonyl (C=O) groups excluding carboxylic acids is 1. The predicted octanol–water partition coefficient (Wildman–Crippen LogP) is 3.03. The van der Waals surface area contributed by atoms with Crippen molar-refractivity contribution in [3.8, 4) is 0 Å². The van der Waals surface area contributed by atoms with E-state index >= 15 is 0 Å². The van der Waals surface area contributed by atoms with Crippen LogP contribution in [-0.4, -0.2) is 33.2 Å². The van der Waals surface area contributed by atoms with Crippen molar-refractivity contribution < 1.29 is 9.72 Å². The molecule has 0 aliphatic carbocycles. The molecule has 3 heterocycles. The molecular weight excluding hydrogens is 288 g/mol. The molecule has 102 valence electrons. The highest BCUT2D eigenvalue weighted by molar-refractivity contribution is 7.17. The smallest absolute Gasteiger partial charge is 0.324 e. The highest BCUT2D eigenvalue weighted by Gasteiger charge is 2.43. The monoisotopic (exact) mass is 300 g/mol. The van der Waals surface area contributed by atoms with E-state index in [9.17, 15) is 14.9 Å². The van der Waals surface area contributed by atoms with Gasteiger partial charge < -0.3 is 4.90 Å². The van der Waals surface area contributed by atoms with Crippen molar-refractivity contribution in [1.29, 1.82) is 0 Å². The minimum absolute atomic E-state index is 0.0166. The number of nitrogens with zero attached hydrogens (tertiary/aromatic N) is 2. The maximum Gasteiger partial charge on any atom is 0.324 e. The molecule has 0 spiro atoms. The summed E-state index contributed by atoms with van der Waals surface area (Å²) < 4.78 is 0. The van der Waals surface area contributed by atoms with Crippen molar-refractivity contribution in [3.63, 3.8) is 0 Å². The van der Waals surface area contributed by atoms with Crippen molar-refractivity contribution in [2.24, 2.45) is 0 Å². The molecule has 2 atom stereocenters. The van der Waals surface area contributed by atoms with Crippen LogP contribution < -0.4 is 0 Å². The summed E-state index contributed by atoms with van der Waals surface area (Å²) in [5, 5.41) is 10.8. The Morgan fingerprint density at radius 1 is 1.37 bits per heavy atom. The van der Waals surface area contributed by atoms with Gasteiger partial charge in [0.1, 0.15) is 0 Å². The summed E-state index contributed by atoms with van der Waals surface area (Å²) in [6.45, 7) is 0. The molecule has 3 rings (SSSR count). The summed E-state index contributed by atoms with van der Waals surface area (Å²) in [7, 11) is 0. The van der Waals surface area contributed by atoms with Gasteiger partial charge >= 0.3 is 5.00 Å². The van der Waals surface area contributed by atoms with Gasteiger partial charge in [0.2, 0.25) is 0 Å². The first-order valence-corrected chi connectivity index (χ1v) is 7.52. The molecule has 0 saturated carbocycles. The van der Waals surface area contributed by atoms with Gasteiger partial charge in [0.05, 0.1) is 9.80 Å². The zero-order valence-corrected chi connectivity index (χ0v) is 11.7. The number of alkyl halides is 1. The second kappa shape index (κ2) is 4.76. The van der Waals surface area contributed by atoms with Crippen LogP contribution in [0, 0.1) is 10.1 Å². The molecular formula is C12H13ClN2O3S. The number of piperidine rings is 1. The van der Waals surface area contributed by atoms with Crippen LogP contribution in [0.5, 0.6) is 0 Å². The zero-order valence-electron chi connectivity index (χ0n) is 10.1. The van der Waals surface area contributed by atoms with Crippen LogP contribution in [0.1, 0.15) is 35.4 Å². The number of hydrogen-bond donors (Lipinski definition) is 0. The average molecular weight is 301 g/mol. The highest BCUT2D eigenvalue weighted by atomic mass is 35.5. The van der Waals surface area contributed by atoms with Crippen LogP contribution >= 0.6 is 22.9 Å². The van der Waals surface area contributed by atoms with Crippen molar-refractivity contribution in [3.05, 3.63) is 27.1 Å². The molecule has 1 aromatic rings. The van der Waals surface area contributed by atoms with Gasteiger partial charge in [-0.15, -0.1) is 11.6 Å². The van der Waals surface area contributed by atoms with Gasteiger partial charge in [-0.3, -0.25) is 14.9 Å². The number of fused-ring (bicyclic) bond motifs is 2. The maximum absolute atomic E-state index is 12.5. The number of carbonyl (C=O) groups is 1. The quantitative estimate of drug-likeness (QED) is 0.479. The number of halogens is 1. The van der Waals surface area contributed by atoms with Crippen LogP contribution in [0.2, 0.25) is 0 Å². The van der Waals surface area contributed by atoms with Crippen molar-refractivity contribution in [2.75, 3.05) is 0 Å². The molecule has 7 heteroatoms. The van der Waals surface area contributed by atoms with E-state index in [2.05, 4.69) is 0 Å². The third kappa shape index (κ3) is 2.23. The van der Waals surface area contributed by atoms with Crippen molar-refractivity contribution in [1.82, 2.24) is 4.90 Å². The largest absolute Gasteiger partial charge is 0.332 e. The standard InChI is InChI=1S/C12H13ClN2O3S/c13-7-5-8-1-2-9(6-7)14(8)12(16)10-3-4-11(19-10)15(17)18/h3-4,7-9H,1-2,5-6H2. The number of thiophene rings is 1. The zero-order chi connectivity index (χ0) is 13.6. The molecule has 0 radical (unpaired) electrons. The van der Waals surface area contributed by atoms with Crippen LogP contribution in [0.3, 0.4) is 0 Å². The minimum atomic E-state index is -0.457. The van der Waals surface area contributed by atoms with Crippen molar-refractivity contribution in [2.45, 2.75) is 43.1 Å². The Kier molecular flexibility index (Phi) is 3.22. The molecule has 2 aliphatic heterocycles. The second-order valence-corrected chi connectivity index (χ2v) is 6.74. The van der Waals surface area contributed by atoms with E-state index in [1.54, 1.807) is 6.07 Å². The molecule has 2 fully saturated rings. The van der Waals surface area contributed by atoms with Gasteiger partial charge in [-0.05, 0) is 31.7 Å². The summed E-state index contributed by atoms with van der Waals surface area (Å²) in [4.78, 5) is 25.0. The predicted molar refractivity (Wildman–Crippen MR) is 72.8 cm³/mol. The van der Waals surface area contributed by atoms with Gasteiger partial charge in [-0.2, -0.15) is 0 Å². The Hall–Kier alpha value is -1.14. The topological polar surface area (TPSA) is 63.4 Å². The summed E-state index contributed by atoms with van der Waals surface area (Å²) in [6.07, 6.45) is 3.65. The molecule has 2 saturated heterocycles. The van der Waals surface area contributed by atoms with Gasteiger partial charge in [-0.1, -0.05) is 11.3 Å². The number of rotatable bonds is 2. The Bertz CT molecular complexity index is 519. The highest BCUT2D eigenvalue weighted by Crippen LogP contribution is 2.39. The fraction of sp³-hybridized carbons (Fsp3) is 0.583. The first kappa shape index (κ1) is 12.9. The Morgan fingerprint density at radius 3 is 2.53 bits per heavy atom. The molecule has 1 amide bonds. The molecule has 1 aromatic heterocycles. The van der Waals surface area contributed by atoms with Crippen LogP contribution in [-0.2, 0) is 0 Å². The molecule has 2 unspecified atom stereocenters. The lowest BCUT2D eigenvalue weighted by molar-refractivity contribution is -0.380. The number of hydrogen-bond acceptors (Lipinski definition) is 4. The van der Waals surface area contributed by atoms with Crippen LogP contribution in [0.25, 0.3) is 0 Å². The van der Waals surface area contributed by atoms with Gasteiger partial charge in [0, 0.05) is 23.5 Å². The summed E-state index contributed by atoms with van der Waals surface area (Å²) >= 11 is 7.14. The van der Waals surface area contributed by atoms with E-state index in [-0.39, 0.29) is 28.4 Å². The van der Waals surface area contributed by atoms with Crippen molar-refractivity contribution >= 4 is 33.8 Å². The number of amides is 1. The van der Waals surface area contributed by atoms with E-state index in [4.69, 9.17) is 11.6 Å². The van der Waals surface area contributed by atoms with E-state index in [0.717, 1.165) is 37.0 Å². The summed E-state index contributed by atoms with van der Waals surface area (Å²) in [5.74, 6) is -0.0748. The lowest BCUT2D eigenvalue weighted by Crippen LogP contribution is -2.46. The molecule has 0 aromatic carbocycles. The SMILES string of the molecule is O=C(c1ccc([N+](=O)[O-])s1)N1C2CCC1CC(Cl)C2. The average Bonchev–Trinajstić information content (AvgIpc) is 2.93. The van der Waals surface area contributed by atoms with E-state index in [1.807, 2.05) is 4.90 Å². The minimum Gasteiger partial charge on any atom is -0.332 e. The second-order valence-electron chi connectivity index (χ2n) is 5.06. The summed E-state index contributed by atoms with van der Waals surface area (Å²) in [5.41, 5.74) is 0. The fourth-order valence-electron chi connectivity index (χ4n) is 3.11. The Balaban J connectivity index is 1.82. The molecule has 5 nitrogen and oxygen atoms in total. The third-order valence-corrected chi connectivity index (χ3v) is 5.27. The van der Waals surface area contributed by atoms with E-state index in [0.29, 0.717) is 4.88 Å². The molecule has 2 aliphatic rings. The van der Waals surface area contributed by atoms with E-state index < -0.39 is 4.92 Å². The van der Waals surface area contributed by atoms with Gasteiger partial charge in [-0.25, -0.2) is 0 Å².